The Morgan fingerprint density at radius 1 is 1.03 bits per heavy atom. The molecule has 0 aliphatic carbocycles. The standard InChI is InChI=1S/C24H23N5O3/c1-3-14-29-22(30)20-21(26(2)24(29)31)25-23-27(15-7-16-28(20)23)17-10-12-19(13-11-17)32-18-8-5-4-6-9-18/h3-6,8-13H,1,7,14-16H2,2H3. The van der Waals surface area contributed by atoms with Crippen LogP contribution in [0, 0.1) is 0 Å². The molecule has 162 valence electrons. The van der Waals surface area contributed by atoms with Crippen molar-refractivity contribution >= 4 is 22.8 Å². The van der Waals surface area contributed by atoms with Gasteiger partial charge in [0.2, 0.25) is 5.95 Å². The normalized spacial score (nSPS) is 13.2. The van der Waals surface area contributed by atoms with E-state index in [1.807, 2.05) is 59.2 Å². The molecule has 4 aromatic rings. The fraction of sp³-hybridized carbons (Fsp3) is 0.208. The SMILES string of the molecule is C=CCn1c(=O)c2c(nc3n2CCCN3c2ccc(Oc3ccccc3)cc2)n(C)c1=O. The Hall–Kier alpha value is -4.07. The largest absolute Gasteiger partial charge is 0.457 e. The van der Waals surface area contributed by atoms with Crippen molar-refractivity contribution in [3.63, 3.8) is 0 Å². The highest BCUT2D eigenvalue weighted by Crippen LogP contribution is 2.32. The Kier molecular flexibility index (Phi) is 4.89. The number of rotatable bonds is 5. The zero-order valence-electron chi connectivity index (χ0n) is 17.8. The highest BCUT2D eigenvalue weighted by Gasteiger charge is 2.26. The van der Waals surface area contributed by atoms with Gasteiger partial charge >= 0.3 is 5.69 Å². The zero-order valence-corrected chi connectivity index (χ0v) is 17.8. The lowest BCUT2D eigenvalue weighted by Gasteiger charge is -2.29. The molecule has 0 atom stereocenters. The van der Waals surface area contributed by atoms with Gasteiger partial charge in [-0.1, -0.05) is 24.3 Å². The summed E-state index contributed by atoms with van der Waals surface area (Å²) in [5.74, 6) is 2.17. The number of ether oxygens (including phenoxy) is 1. The van der Waals surface area contributed by atoms with Gasteiger partial charge in [-0.15, -0.1) is 6.58 Å². The molecular formula is C24H23N5O3. The lowest BCUT2D eigenvalue weighted by atomic mass is 10.2. The number of allylic oxidation sites excluding steroid dienone is 1. The van der Waals surface area contributed by atoms with Crippen molar-refractivity contribution in [2.24, 2.45) is 7.05 Å². The first-order valence-corrected chi connectivity index (χ1v) is 10.5. The monoisotopic (exact) mass is 429 g/mol. The second kappa shape index (κ2) is 7.88. The Morgan fingerprint density at radius 3 is 2.47 bits per heavy atom. The second-order valence-electron chi connectivity index (χ2n) is 7.70. The Balaban J connectivity index is 1.56. The molecule has 0 radical (unpaired) electrons. The molecule has 1 aliphatic heterocycles. The van der Waals surface area contributed by atoms with Gasteiger partial charge in [0.1, 0.15) is 11.5 Å². The lowest BCUT2D eigenvalue weighted by molar-refractivity contribution is 0.482. The second-order valence-corrected chi connectivity index (χ2v) is 7.70. The van der Waals surface area contributed by atoms with Gasteiger partial charge in [-0.25, -0.2) is 4.79 Å². The highest BCUT2D eigenvalue weighted by molar-refractivity contribution is 5.77. The van der Waals surface area contributed by atoms with Crippen molar-refractivity contribution < 1.29 is 4.74 Å². The van der Waals surface area contributed by atoms with Crippen LogP contribution in [0.3, 0.4) is 0 Å². The topological polar surface area (TPSA) is 74.3 Å². The fourth-order valence-corrected chi connectivity index (χ4v) is 4.12. The molecule has 2 aromatic carbocycles. The van der Waals surface area contributed by atoms with E-state index in [1.54, 1.807) is 13.1 Å². The van der Waals surface area contributed by atoms with Crippen LogP contribution >= 0.6 is 0 Å². The van der Waals surface area contributed by atoms with Crippen LogP contribution in [-0.4, -0.2) is 25.2 Å². The van der Waals surface area contributed by atoms with Crippen LogP contribution < -0.4 is 20.9 Å². The molecule has 1 aliphatic rings. The first kappa shape index (κ1) is 19.9. The van der Waals surface area contributed by atoms with Crippen molar-refractivity contribution in [1.82, 2.24) is 18.7 Å². The van der Waals surface area contributed by atoms with E-state index in [9.17, 15) is 9.59 Å². The Labute approximate surface area is 184 Å². The van der Waals surface area contributed by atoms with E-state index in [0.717, 1.165) is 30.2 Å². The third kappa shape index (κ3) is 3.20. The van der Waals surface area contributed by atoms with Crippen molar-refractivity contribution in [3.8, 4) is 11.5 Å². The predicted octanol–water partition coefficient (Wildman–Crippen LogP) is 3.42. The third-order valence-electron chi connectivity index (χ3n) is 5.66. The Bertz CT molecular complexity index is 1410. The number of aryl methyl sites for hydroxylation is 2. The maximum absolute atomic E-state index is 13.1. The number of anilines is 2. The number of para-hydroxylation sites is 1. The molecule has 5 rings (SSSR count). The summed E-state index contributed by atoms with van der Waals surface area (Å²) in [5, 5.41) is 0. The van der Waals surface area contributed by atoms with Crippen LogP contribution in [0.4, 0.5) is 11.6 Å². The summed E-state index contributed by atoms with van der Waals surface area (Å²) in [6.07, 6.45) is 2.40. The van der Waals surface area contributed by atoms with Gasteiger partial charge in [-0.3, -0.25) is 13.9 Å². The van der Waals surface area contributed by atoms with Crippen molar-refractivity contribution in [2.75, 3.05) is 11.4 Å². The van der Waals surface area contributed by atoms with Gasteiger partial charge < -0.3 is 14.2 Å². The molecule has 0 bridgehead atoms. The minimum absolute atomic E-state index is 0.161. The quantitative estimate of drug-likeness (QED) is 0.455. The summed E-state index contributed by atoms with van der Waals surface area (Å²) < 4.78 is 10.4. The minimum Gasteiger partial charge on any atom is -0.457 e. The van der Waals surface area contributed by atoms with Crippen LogP contribution in [0.25, 0.3) is 11.2 Å². The molecule has 3 heterocycles. The number of imidazole rings is 1. The molecule has 0 unspecified atom stereocenters. The highest BCUT2D eigenvalue weighted by atomic mass is 16.5. The van der Waals surface area contributed by atoms with Crippen LogP contribution in [0.15, 0.2) is 76.8 Å². The fourth-order valence-electron chi connectivity index (χ4n) is 4.12. The number of aromatic nitrogens is 4. The molecule has 0 saturated carbocycles. The molecular weight excluding hydrogens is 406 g/mol. The first-order valence-electron chi connectivity index (χ1n) is 10.5. The first-order chi connectivity index (χ1) is 15.6. The summed E-state index contributed by atoms with van der Waals surface area (Å²) in [7, 11) is 1.64. The predicted molar refractivity (Wildman–Crippen MR) is 124 cm³/mol. The summed E-state index contributed by atoms with van der Waals surface area (Å²) in [6, 6.07) is 17.4. The molecule has 0 saturated heterocycles. The van der Waals surface area contributed by atoms with Crippen LogP contribution in [0.2, 0.25) is 0 Å². The number of hydrogen-bond acceptors (Lipinski definition) is 5. The van der Waals surface area contributed by atoms with E-state index in [2.05, 4.69) is 11.5 Å². The summed E-state index contributed by atoms with van der Waals surface area (Å²) in [5.41, 5.74) is 1.05. The molecule has 2 aromatic heterocycles. The van der Waals surface area contributed by atoms with Crippen molar-refractivity contribution in [1.29, 1.82) is 0 Å². The summed E-state index contributed by atoms with van der Waals surface area (Å²) in [6.45, 7) is 5.25. The molecule has 0 spiro atoms. The van der Waals surface area contributed by atoms with Crippen molar-refractivity contribution in [3.05, 3.63) is 88.1 Å². The molecule has 0 amide bonds. The molecule has 32 heavy (non-hydrogen) atoms. The van der Waals surface area contributed by atoms with E-state index >= 15 is 0 Å². The maximum atomic E-state index is 13.1. The van der Waals surface area contributed by atoms with E-state index in [4.69, 9.17) is 9.72 Å². The number of nitrogens with zero attached hydrogens (tertiary/aromatic N) is 5. The molecule has 0 N–H and O–H groups in total. The number of benzene rings is 2. The number of fused-ring (bicyclic) bond motifs is 3. The smallest absolute Gasteiger partial charge is 0.332 e. The zero-order chi connectivity index (χ0) is 22.2. The van der Waals surface area contributed by atoms with Gasteiger partial charge in [0.05, 0.1) is 0 Å². The van der Waals surface area contributed by atoms with E-state index < -0.39 is 5.69 Å². The third-order valence-corrected chi connectivity index (χ3v) is 5.66. The van der Waals surface area contributed by atoms with Gasteiger partial charge in [0.25, 0.3) is 5.56 Å². The van der Waals surface area contributed by atoms with Gasteiger partial charge in [0, 0.05) is 32.4 Å². The average Bonchev–Trinajstić information content (AvgIpc) is 3.22. The summed E-state index contributed by atoms with van der Waals surface area (Å²) in [4.78, 5) is 32.5. The lowest BCUT2D eigenvalue weighted by Crippen LogP contribution is -2.39. The minimum atomic E-state index is -0.396. The van der Waals surface area contributed by atoms with Crippen LogP contribution in [0.1, 0.15) is 6.42 Å². The van der Waals surface area contributed by atoms with E-state index in [0.29, 0.717) is 23.7 Å². The van der Waals surface area contributed by atoms with Crippen LogP contribution in [0.5, 0.6) is 11.5 Å². The van der Waals surface area contributed by atoms with Crippen molar-refractivity contribution in [2.45, 2.75) is 19.5 Å². The Morgan fingerprint density at radius 2 is 1.75 bits per heavy atom. The molecule has 8 nitrogen and oxygen atoms in total. The van der Waals surface area contributed by atoms with Gasteiger partial charge in [-0.05, 0) is 42.8 Å². The van der Waals surface area contributed by atoms with Gasteiger partial charge in [0.15, 0.2) is 11.2 Å². The van der Waals surface area contributed by atoms with E-state index in [-0.39, 0.29) is 12.1 Å². The van der Waals surface area contributed by atoms with E-state index in [1.165, 1.54) is 9.13 Å². The molecule has 8 heteroatoms. The summed E-state index contributed by atoms with van der Waals surface area (Å²) >= 11 is 0. The maximum Gasteiger partial charge on any atom is 0.332 e. The number of hydrogen-bond donors (Lipinski definition) is 0. The van der Waals surface area contributed by atoms with Gasteiger partial charge in [-0.2, -0.15) is 4.98 Å². The molecule has 0 fully saturated rings. The average molecular weight is 429 g/mol. The van der Waals surface area contributed by atoms with Crippen LogP contribution in [-0.2, 0) is 20.1 Å².